The van der Waals surface area contributed by atoms with Gasteiger partial charge in [0.25, 0.3) is 0 Å². The van der Waals surface area contributed by atoms with Crippen molar-refractivity contribution in [2.75, 3.05) is 5.75 Å². The van der Waals surface area contributed by atoms with E-state index in [0.29, 0.717) is 0 Å². The smallest absolute Gasteiger partial charge is 0.0460 e. The van der Waals surface area contributed by atoms with Crippen LogP contribution in [0.25, 0.3) is 16.5 Å². The Morgan fingerprint density at radius 3 is 2.90 bits per heavy atom. The molecule has 1 nitrogen and oxygen atoms in total. The van der Waals surface area contributed by atoms with Crippen molar-refractivity contribution in [2.24, 2.45) is 0 Å². The molecule has 0 bridgehead atoms. The van der Waals surface area contributed by atoms with Gasteiger partial charge in [0.05, 0.1) is 0 Å². The van der Waals surface area contributed by atoms with Crippen molar-refractivity contribution in [1.82, 2.24) is 4.98 Å². The van der Waals surface area contributed by atoms with Crippen LogP contribution in [0.4, 0.5) is 0 Å². The van der Waals surface area contributed by atoms with Crippen LogP contribution in [0.3, 0.4) is 0 Å². The van der Waals surface area contributed by atoms with Gasteiger partial charge < -0.3 is 4.98 Å². The predicted molar refractivity (Wildman–Crippen MR) is 87.6 cm³/mol. The summed E-state index contributed by atoms with van der Waals surface area (Å²) >= 11 is 8.04. The topological polar surface area (TPSA) is 15.8 Å². The molecule has 4 rings (SSSR count). The molecule has 0 unspecified atom stereocenters. The molecule has 0 saturated heterocycles. The largest absolute Gasteiger partial charge is 0.361 e. The van der Waals surface area contributed by atoms with Crippen molar-refractivity contribution in [3.63, 3.8) is 0 Å². The molecule has 2 aromatic carbocycles. The molecule has 0 atom stereocenters. The number of aromatic amines is 1. The summed E-state index contributed by atoms with van der Waals surface area (Å²) in [4.78, 5) is 4.65. The van der Waals surface area contributed by atoms with Crippen LogP contribution in [-0.2, 0) is 0 Å². The molecule has 1 aliphatic rings. The van der Waals surface area contributed by atoms with Crippen LogP contribution < -0.4 is 0 Å². The van der Waals surface area contributed by atoms with E-state index in [2.05, 4.69) is 53.7 Å². The highest BCUT2D eigenvalue weighted by Crippen LogP contribution is 2.40. The molecular weight excluding hydrogens is 286 g/mol. The van der Waals surface area contributed by atoms with Gasteiger partial charge in [0, 0.05) is 38.3 Å². The zero-order valence-electron chi connectivity index (χ0n) is 10.7. The van der Waals surface area contributed by atoms with Crippen LogP contribution in [-0.4, -0.2) is 10.7 Å². The summed E-state index contributed by atoms with van der Waals surface area (Å²) in [7, 11) is 0. The Bertz CT molecular complexity index is 832. The maximum absolute atomic E-state index is 6.18. The number of para-hydroxylation sites is 1. The molecule has 0 amide bonds. The lowest BCUT2D eigenvalue weighted by atomic mass is 9.97. The van der Waals surface area contributed by atoms with E-state index in [1.165, 1.54) is 32.5 Å². The molecule has 0 aliphatic carbocycles. The van der Waals surface area contributed by atoms with Crippen LogP contribution in [0.15, 0.2) is 59.6 Å². The number of halogens is 1. The van der Waals surface area contributed by atoms with Crippen molar-refractivity contribution >= 4 is 39.8 Å². The second-order valence-electron chi connectivity index (χ2n) is 4.82. The van der Waals surface area contributed by atoms with E-state index in [9.17, 15) is 0 Å². The number of nitrogens with one attached hydrogen (secondary N) is 1. The molecule has 0 spiro atoms. The molecule has 0 saturated carbocycles. The van der Waals surface area contributed by atoms with E-state index in [1.807, 2.05) is 17.8 Å². The molecule has 98 valence electrons. The normalized spacial score (nSPS) is 14.2. The third-order valence-corrected chi connectivity index (χ3v) is 4.87. The second kappa shape index (κ2) is 4.72. The number of benzene rings is 2. The minimum absolute atomic E-state index is 0.789. The summed E-state index contributed by atoms with van der Waals surface area (Å²) < 4.78 is 0. The molecular formula is C17H12ClNS. The fourth-order valence-electron chi connectivity index (χ4n) is 2.71. The van der Waals surface area contributed by atoms with Gasteiger partial charge in [-0.25, -0.2) is 0 Å². The third kappa shape index (κ3) is 1.88. The zero-order chi connectivity index (χ0) is 13.5. The molecule has 1 N–H and O–H groups in total. The quantitative estimate of drug-likeness (QED) is 0.639. The first kappa shape index (κ1) is 12.1. The van der Waals surface area contributed by atoms with E-state index in [1.54, 1.807) is 0 Å². The maximum atomic E-state index is 6.18. The summed E-state index contributed by atoms with van der Waals surface area (Å²) in [6.07, 6.45) is 4.39. The van der Waals surface area contributed by atoms with Gasteiger partial charge in [0.15, 0.2) is 0 Å². The maximum Gasteiger partial charge on any atom is 0.0460 e. The van der Waals surface area contributed by atoms with Crippen molar-refractivity contribution in [1.29, 1.82) is 0 Å². The molecule has 20 heavy (non-hydrogen) atoms. The first-order chi connectivity index (χ1) is 9.83. The van der Waals surface area contributed by atoms with Crippen molar-refractivity contribution in [3.05, 3.63) is 70.9 Å². The zero-order valence-corrected chi connectivity index (χ0v) is 12.3. The van der Waals surface area contributed by atoms with Crippen molar-refractivity contribution < 1.29 is 0 Å². The van der Waals surface area contributed by atoms with Gasteiger partial charge >= 0.3 is 0 Å². The lowest BCUT2D eigenvalue weighted by molar-refractivity contribution is 1.36. The van der Waals surface area contributed by atoms with Gasteiger partial charge in [-0.3, -0.25) is 0 Å². The van der Waals surface area contributed by atoms with Crippen LogP contribution in [0.1, 0.15) is 11.1 Å². The average Bonchev–Trinajstić information content (AvgIpc) is 2.90. The van der Waals surface area contributed by atoms with Crippen LogP contribution >= 0.6 is 23.4 Å². The molecule has 1 aromatic heterocycles. The summed E-state index contributed by atoms with van der Waals surface area (Å²) in [6.45, 7) is 0. The fourth-order valence-corrected chi connectivity index (χ4v) is 3.80. The van der Waals surface area contributed by atoms with E-state index in [0.717, 1.165) is 10.8 Å². The number of hydrogen-bond acceptors (Lipinski definition) is 1. The summed E-state index contributed by atoms with van der Waals surface area (Å²) in [6, 6.07) is 14.5. The minimum atomic E-state index is 0.789. The molecule has 2 heterocycles. The van der Waals surface area contributed by atoms with Crippen LogP contribution in [0.5, 0.6) is 0 Å². The molecule has 0 fully saturated rings. The number of aromatic nitrogens is 1. The number of H-pyrrole nitrogens is 1. The highest BCUT2D eigenvalue weighted by atomic mass is 35.5. The standard InChI is InChI=1S/C17H12ClNS/c18-11-5-6-17-14(9-11)12(7-8-20-17)15-10-19-16-4-2-1-3-13(15)16/h1-7,9-10,19H,8H2. The predicted octanol–water partition coefficient (Wildman–Crippen LogP) is 5.36. The second-order valence-corrected chi connectivity index (χ2v) is 6.32. The van der Waals surface area contributed by atoms with Gasteiger partial charge in [-0.1, -0.05) is 35.9 Å². The van der Waals surface area contributed by atoms with Gasteiger partial charge in [-0.05, 0) is 35.4 Å². The Morgan fingerprint density at radius 2 is 1.95 bits per heavy atom. The Labute approximate surface area is 126 Å². The third-order valence-electron chi connectivity index (χ3n) is 3.64. The summed E-state index contributed by atoms with van der Waals surface area (Å²) in [5.41, 5.74) is 4.94. The first-order valence-electron chi connectivity index (χ1n) is 6.52. The Balaban J connectivity index is 1.95. The van der Waals surface area contributed by atoms with Crippen LogP contribution in [0, 0.1) is 0 Å². The van der Waals surface area contributed by atoms with Gasteiger partial charge in [0.2, 0.25) is 0 Å². The van der Waals surface area contributed by atoms with Crippen LogP contribution in [0.2, 0.25) is 5.02 Å². The highest BCUT2D eigenvalue weighted by Gasteiger charge is 2.17. The Kier molecular flexibility index (Phi) is 2.86. The number of rotatable bonds is 1. The lowest BCUT2D eigenvalue weighted by Gasteiger charge is -2.17. The lowest BCUT2D eigenvalue weighted by Crippen LogP contribution is -1.96. The first-order valence-corrected chi connectivity index (χ1v) is 7.89. The SMILES string of the molecule is Clc1ccc2c(c1)C(c1c[nH]c3ccccc13)=CCS2. The minimum Gasteiger partial charge on any atom is -0.361 e. The van der Waals surface area contributed by atoms with E-state index in [4.69, 9.17) is 11.6 Å². The van der Waals surface area contributed by atoms with E-state index >= 15 is 0 Å². The average molecular weight is 298 g/mol. The molecule has 3 aromatic rings. The van der Waals surface area contributed by atoms with E-state index < -0.39 is 0 Å². The van der Waals surface area contributed by atoms with Crippen molar-refractivity contribution in [2.45, 2.75) is 4.90 Å². The monoisotopic (exact) mass is 297 g/mol. The summed E-state index contributed by atoms with van der Waals surface area (Å²) in [5.74, 6) is 1.00. The van der Waals surface area contributed by atoms with Crippen molar-refractivity contribution in [3.8, 4) is 0 Å². The Morgan fingerprint density at radius 1 is 1.05 bits per heavy atom. The fraction of sp³-hybridized carbons (Fsp3) is 0.0588. The molecule has 1 aliphatic heterocycles. The van der Waals surface area contributed by atoms with Gasteiger partial charge in [-0.2, -0.15) is 0 Å². The Hall–Kier alpha value is -1.64. The number of hydrogen-bond donors (Lipinski definition) is 1. The molecule has 0 radical (unpaired) electrons. The number of thioether (sulfide) groups is 1. The molecule has 3 heteroatoms. The number of fused-ring (bicyclic) bond motifs is 2. The van der Waals surface area contributed by atoms with Gasteiger partial charge in [-0.15, -0.1) is 11.8 Å². The summed E-state index contributed by atoms with van der Waals surface area (Å²) in [5, 5.41) is 2.05. The van der Waals surface area contributed by atoms with Gasteiger partial charge in [0.1, 0.15) is 0 Å². The van der Waals surface area contributed by atoms with E-state index in [-0.39, 0.29) is 0 Å². The highest BCUT2D eigenvalue weighted by molar-refractivity contribution is 7.99.